The number of hydrogen-bond acceptors (Lipinski definition) is 8. The molecule has 5 nitrogen and oxygen atoms in total. The van der Waals surface area contributed by atoms with Crippen LogP contribution in [0.25, 0.3) is 107 Å². The standard InChI is InChI=1S/C64H42N2OS.C64H42N2S2/c1-63(2)50-17-6-3-14-44(50)46-33-31-42(37-54(46)63)65(41-29-26-39(27-30-41)40-28-35-61-49(36-40)48-16-5-12-25-60(48)68-61)43-32-34-47-45-15-4-7-18-51(45)64(55(47)38-43)52-19-8-9-21-56(52)66-57-22-10-11-23-58(57)67-59-24-13-20-53(64)62(59)66;1-63(2)50-17-6-3-14-44(50)46-33-31-42(37-54(46)63)65(41-29-26-39(27-30-41)40-28-35-59-49(36-40)48-16-5-11-23-58(48)67-59)43-32-34-47-45-15-4-7-18-51(45)64(55(47)38-43)52-19-8-9-21-56(52)66-57-22-10-12-24-60(57)68-61-25-13-20-53(64)62(61)66/h2*3-38H,1-2H3. The zero-order valence-electron chi connectivity index (χ0n) is 75.0. The molecule has 136 heavy (non-hydrogen) atoms. The Hall–Kier alpha value is -15.8. The second kappa shape index (κ2) is 28.9. The van der Waals surface area contributed by atoms with Gasteiger partial charge in [-0.1, -0.05) is 319 Å². The van der Waals surface area contributed by atoms with Crippen LogP contribution >= 0.6 is 34.4 Å². The second-order valence-corrected chi connectivity index (χ2v) is 41.6. The third-order valence-electron chi connectivity index (χ3n) is 30.9. The highest BCUT2D eigenvalue weighted by Gasteiger charge is 2.56. The van der Waals surface area contributed by atoms with Crippen molar-refractivity contribution >= 4 is 143 Å². The minimum atomic E-state index is -0.627. The van der Waals surface area contributed by atoms with E-state index in [9.17, 15) is 0 Å². The topological polar surface area (TPSA) is 22.2 Å². The number of ether oxygens (including phenoxy) is 1. The lowest BCUT2D eigenvalue weighted by Crippen LogP contribution is -2.37. The van der Waals surface area contributed by atoms with Gasteiger partial charge in [-0.2, -0.15) is 0 Å². The summed E-state index contributed by atoms with van der Waals surface area (Å²) in [5, 5.41) is 5.27. The van der Waals surface area contributed by atoms with Gasteiger partial charge in [-0.15, -0.1) is 22.7 Å². The zero-order valence-corrected chi connectivity index (χ0v) is 77.4. The van der Waals surface area contributed by atoms with Gasteiger partial charge in [0.15, 0.2) is 11.5 Å². The van der Waals surface area contributed by atoms with Crippen molar-refractivity contribution in [3.05, 3.63) is 504 Å². The Balaban J connectivity index is 0.000000132. The number of anilines is 12. The highest BCUT2D eigenvalue weighted by Crippen LogP contribution is 2.71. The van der Waals surface area contributed by atoms with E-state index < -0.39 is 10.8 Å². The predicted octanol–water partition coefficient (Wildman–Crippen LogP) is 35.9. The molecule has 8 heteroatoms. The highest BCUT2D eigenvalue weighted by atomic mass is 32.2. The molecule has 4 aliphatic carbocycles. The van der Waals surface area contributed by atoms with Crippen LogP contribution in [0, 0.1) is 0 Å². The third kappa shape index (κ3) is 10.8. The van der Waals surface area contributed by atoms with Gasteiger partial charge < -0.3 is 24.3 Å². The van der Waals surface area contributed by atoms with Crippen molar-refractivity contribution in [1.29, 1.82) is 0 Å². The summed E-state index contributed by atoms with van der Waals surface area (Å²) in [7, 11) is 0. The van der Waals surface area contributed by atoms with Crippen LogP contribution in [0.15, 0.2) is 447 Å². The van der Waals surface area contributed by atoms with Crippen LogP contribution < -0.4 is 24.3 Å². The number of nitrogens with zero attached hydrogens (tertiary/aromatic N) is 4. The molecule has 20 aromatic carbocycles. The first-order chi connectivity index (χ1) is 66.9. The van der Waals surface area contributed by atoms with Crippen LogP contribution in [0.3, 0.4) is 0 Å². The summed E-state index contributed by atoms with van der Waals surface area (Å²) in [4.78, 5) is 12.5. The fraction of sp³-hybridized carbons (Fsp3) is 0.0625. The largest absolute Gasteiger partial charge is 0.453 e. The van der Waals surface area contributed by atoms with Gasteiger partial charge in [0.25, 0.3) is 0 Å². The molecule has 640 valence electrons. The third-order valence-corrected chi connectivity index (χ3v) is 34.3. The van der Waals surface area contributed by atoms with Crippen molar-refractivity contribution < 1.29 is 4.74 Å². The Morgan fingerprint density at radius 2 is 0.544 bits per heavy atom. The van der Waals surface area contributed by atoms with Crippen LogP contribution in [0.1, 0.15) is 94.5 Å². The Morgan fingerprint density at radius 3 is 1.04 bits per heavy atom. The summed E-state index contributed by atoms with van der Waals surface area (Å²) in [6.07, 6.45) is 0. The fourth-order valence-electron chi connectivity index (χ4n) is 24.9. The highest BCUT2D eigenvalue weighted by molar-refractivity contribution is 7.99. The van der Waals surface area contributed by atoms with Gasteiger partial charge in [0.2, 0.25) is 0 Å². The van der Waals surface area contributed by atoms with Crippen LogP contribution in [-0.4, -0.2) is 0 Å². The van der Waals surface area contributed by atoms with Crippen molar-refractivity contribution in [2.24, 2.45) is 0 Å². The minimum absolute atomic E-state index is 0.147. The van der Waals surface area contributed by atoms with Gasteiger partial charge in [-0.3, -0.25) is 0 Å². The van der Waals surface area contributed by atoms with Crippen molar-refractivity contribution in [1.82, 2.24) is 0 Å². The van der Waals surface area contributed by atoms with E-state index in [1.54, 1.807) is 0 Å². The van der Waals surface area contributed by atoms with Crippen molar-refractivity contribution in [2.75, 3.05) is 19.6 Å². The number of rotatable bonds is 8. The number of hydrogen-bond donors (Lipinski definition) is 0. The van der Waals surface area contributed by atoms with E-state index in [4.69, 9.17) is 4.74 Å². The molecule has 0 saturated heterocycles. The molecule has 0 bridgehead atoms. The number of benzene rings is 20. The van der Waals surface area contributed by atoms with Crippen LogP contribution in [0.5, 0.6) is 11.5 Å². The Morgan fingerprint density at radius 1 is 0.213 bits per heavy atom. The first-order valence-electron chi connectivity index (χ1n) is 47.1. The Labute approximate surface area is 802 Å². The molecule has 6 heterocycles. The quantitative estimate of drug-likeness (QED) is 0.150. The molecule has 2 aromatic heterocycles. The van der Waals surface area contributed by atoms with Gasteiger partial charge in [0.1, 0.15) is 0 Å². The second-order valence-electron chi connectivity index (χ2n) is 38.4. The summed E-state index contributed by atoms with van der Waals surface area (Å²) in [5.74, 6) is 1.73. The summed E-state index contributed by atoms with van der Waals surface area (Å²) in [5.41, 5.74) is 43.3. The van der Waals surface area contributed by atoms with Gasteiger partial charge >= 0.3 is 0 Å². The van der Waals surface area contributed by atoms with Gasteiger partial charge in [-0.05, 0) is 291 Å². The summed E-state index contributed by atoms with van der Waals surface area (Å²) < 4.78 is 12.1. The lowest BCUT2D eigenvalue weighted by molar-refractivity contribution is 0.473. The van der Waals surface area contributed by atoms with E-state index in [1.807, 2.05) is 34.4 Å². The molecule has 2 unspecified atom stereocenters. The molecule has 8 aliphatic rings. The number of para-hydroxylation sites is 7. The molecule has 2 atom stereocenters. The smallest absolute Gasteiger partial charge is 0.151 e. The Bertz CT molecular complexity index is 8420. The monoisotopic (exact) mass is 1790 g/mol. The normalized spacial score (nSPS) is 16.1. The maximum atomic E-state index is 6.80. The molecule has 4 aliphatic heterocycles. The first-order valence-corrected chi connectivity index (χ1v) is 49.6. The molecule has 30 rings (SSSR count). The molecule has 0 N–H and O–H groups in total. The molecule has 2 spiro atoms. The zero-order chi connectivity index (χ0) is 89.8. The molecule has 0 fully saturated rings. The van der Waals surface area contributed by atoms with E-state index in [2.05, 4.69) is 484 Å². The molecule has 0 amide bonds. The number of thiophene rings is 2. The van der Waals surface area contributed by atoms with E-state index >= 15 is 0 Å². The van der Waals surface area contributed by atoms with Crippen molar-refractivity contribution in [3.8, 4) is 78.3 Å². The van der Waals surface area contributed by atoms with Gasteiger partial charge in [0, 0.05) is 95.1 Å². The molecule has 0 saturated carbocycles. The lowest BCUT2D eigenvalue weighted by atomic mass is 9.64. The Kier molecular flexibility index (Phi) is 16.5. The SMILES string of the molecule is CC1(C)c2ccccc2-c2ccc(N(c3ccc(-c4ccc5sc6ccccc6c5c4)cc3)c3ccc4c(c3)C3(c5ccccc5-4)c4ccccc4N4c5ccccc5Oc5cccc3c54)cc21.CC1(C)c2ccccc2-c2ccc(N(c3ccc(-c4ccc5sc6ccccc6c5c4)cc3)c3ccc4c(c3)C3(c5ccccc5-4)c4ccccc4N4c5ccccc5Sc5cccc3c54)cc21. The van der Waals surface area contributed by atoms with Crippen molar-refractivity contribution in [3.63, 3.8) is 0 Å². The molecular weight excluding hydrogens is 1710 g/mol. The molecule has 22 aromatic rings. The molecule has 0 radical (unpaired) electrons. The van der Waals surface area contributed by atoms with E-state index in [0.717, 1.165) is 62.7 Å². The van der Waals surface area contributed by atoms with Crippen molar-refractivity contribution in [2.45, 2.75) is 59.1 Å². The van der Waals surface area contributed by atoms with Crippen LogP contribution in [0.4, 0.5) is 68.2 Å². The summed E-state index contributed by atoms with van der Waals surface area (Å²) in [6.45, 7) is 9.50. The van der Waals surface area contributed by atoms with Crippen LogP contribution in [0.2, 0.25) is 0 Å². The summed E-state index contributed by atoms with van der Waals surface area (Å²) in [6, 6.07) is 164. The minimum Gasteiger partial charge on any atom is -0.453 e. The average molecular weight is 1790 g/mol. The predicted molar refractivity (Wildman–Crippen MR) is 569 cm³/mol. The van der Waals surface area contributed by atoms with E-state index in [-0.39, 0.29) is 10.8 Å². The summed E-state index contributed by atoms with van der Waals surface area (Å²) >= 11 is 5.62. The first kappa shape index (κ1) is 77.8. The maximum Gasteiger partial charge on any atom is 0.151 e. The van der Waals surface area contributed by atoms with Gasteiger partial charge in [-0.25, -0.2) is 0 Å². The van der Waals surface area contributed by atoms with E-state index in [0.29, 0.717) is 0 Å². The fourth-order valence-corrected chi connectivity index (χ4v) is 28.2. The maximum absolute atomic E-state index is 6.80. The lowest BCUT2D eigenvalue weighted by Gasteiger charge is -2.47. The average Bonchev–Trinajstić information content (AvgIpc) is 1.49. The van der Waals surface area contributed by atoms with E-state index in [1.165, 1.54) is 201 Å². The number of fused-ring (bicyclic) bond motifs is 34. The van der Waals surface area contributed by atoms with Crippen LogP contribution in [-0.2, 0) is 21.7 Å². The van der Waals surface area contributed by atoms with Gasteiger partial charge in [0.05, 0.1) is 45.0 Å². The molecular formula is C128H84N4OS3.